The Morgan fingerprint density at radius 3 is 2.71 bits per heavy atom. The van der Waals surface area contributed by atoms with E-state index in [0.717, 1.165) is 15.6 Å². The smallest absolute Gasteiger partial charge is 0.147 e. The van der Waals surface area contributed by atoms with Crippen molar-refractivity contribution in [3.8, 4) is 0 Å². The molecule has 0 N–H and O–H groups in total. The molecule has 4 heteroatoms. The summed E-state index contributed by atoms with van der Waals surface area (Å²) >= 11 is 12.6. The lowest BCUT2D eigenvalue weighted by Crippen LogP contribution is -2.05. The number of carbonyl (C=O) groups excluding carboxylic acids is 1. The van der Waals surface area contributed by atoms with Gasteiger partial charge < -0.3 is 0 Å². The van der Waals surface area contributed by atoms with Gasteiger partial charge in [0, 0.05) is 10.4 Å². The molecule has 0 aliphatic carbocycles. The highest BCUT2D eigenvalue weighted by Gasteiger charge is 2.18. The van der Waals surface area contributed by atoms with Gasteiger partial charge in [-0.1, -0.05) is 44.0 Å². The molecule has 0 fully saturated rings. The average molecular weight is 340 g/mol. The van der Waals surface area contributed by atoms with Crippen LogP contribution in [0.5, 0.6) is 0 Å². The van der Waals surface area contributed by atoms with Crippen LogP contribution in [-0.4, -0.2) is 5.78 Å². The molecule has 1 unspecified atom stereocenters. The summed E-state index contributed by atoms with van der Waals surface area (Å²) in [5, 5.41) is 0. The molecule has 1 aromatic carbocycles. The van der Waals surface area contributed by atoms with E-state index in [-0.39, 0.29) is 10.6 Å². The third-order valence-electron chi connectivity index (χ3n) is 1.90. The number of Topliss-reactive ketones (excluding diaryl/α,β-unsaturated/α-hetero) is 1. The summed E-state index contributed by atoms with van der Waals surface area (Å²) in [5.74, 6) is 0.479. The van der Waals surface area contributed by atoms with E-state index >= 15 is 0 Å². The highest BCUT2D eigenvalue weighted by molar-refractivity contribution is 9.11. The van der Waals surface area contributed by atoms with Crippen LogP contribution in [0.2, 0.25) is 0 Å². The summed E-state index contributed by atoms with van der Waals surface area (Å²) in [6.07, 6.45) is 0. The van der Waals surface area contributed by atoms with Crippen LogP contribution in [-0.2, 0) is 10.7 Å². The van der Waals surface area contributed by atoms with E-state index in [9.17, 15) is 4.79 Å². The molecule has 0 amide bonds. The average Bonchev–Trinajstić information content (AvgIpc) is 2.16. The van der Waals surface area contributed by atoms with E-state index in [2.05, 4.69) is 31.9 Å². The van der Waals surface area contributed by atoms with Gasteiger partial charge in [-0.05, 0) is 24.1 Å². The van der Waals surface area contributed by atoms with Crippen molar-refractivity contribution < 1.29 is 4.79 Å². The van der Waals surface area contributed by atoms with Gasteiger partial charge in [0.25, 0.3) is 0 Å². The van der Waals surface area contributed by atoms with Crippen molar-refractivity contribution in [1.29, 1.82) is 0 Å². The Kier molecular flexibility index (Phi) is 4.61. The number of hydrogen-bond donors (Lipinski definition) is 0. The first-order valence-electron chi connectivity index (χ1n) is 4.05. The van der Waals surface area contributed by atoms with Crippen LogP contribution in [0.1, 0.15) is 22.9 Å². The van der Waals surface area contributed by atoms with Crippen LogP contribution in [0, 0.1) is 0 Å². The summed E-state index contributed by atoms with van der Waals surface area (Å²) in [6, 6.07) is 5.73. The van der Waals surface area contributed by atoms with Gasteiger partial charge in [0.1, 0.15) is 5.78 Å². The van der Waals surface area contributed by atoms with Crippen LogP contribution in [0.15, 0.2) is 22.7 Å². The fourth-order valence-corrected chi connectivity index (χ4v) is 2.90. The number of rotatable bonds is 3. The van der Waals surface area contributed by atoms with Crippen LogP contribution >= 0.6 is 43.5 Å². The van der Waals surface area contributed by atoms with Gasteiger partial charge in [-0.15, -0.1) is 11.6 Å². The summed E-state index contributed by atoms with van der Waals surface area (Å²) in [6.45, 7) is 1.55. The molecule has 76 valence electrons. The van der Waals surface area contributed by atoms with Gasteiger partial charge in [0.2, 0.25) is 0 Å². The van der Waals surface area contributed by atoms with Crippen molar-refractivity contribution in [3.05, 3.63) is 33.8 Å². The summed E-state index contributed by atoms with van der Waals surface area (Å²) in [7, 11) is 0. The van der Waals surface area contributed by atoms with Crippen molar-refractivity contribution in [2.24, 2.45) is 0 Å². The fraction of sp³-hybridized carbons (Fsp3) is 0.300. The first-order chi connectivity index (χ1) is 6.57. The SMILES string of the molecule is CC(=O)C(Br)c1c(Br)cccc1CCl. The lowest BCUT2D eigenvalue weighted by molar-refractivity contribution is -0.116. The predicted molar refractivity (Wildman–Crippen MR) is 66.0 cm³/mol. The van der Waals surface area contributed by atoms with Crippen molar-refractivity contribution >= 4 is 49.2 Å². The van der Waals surface area contributed by atoms with E-state index in [4.69, 9.17) is 11.6 Å². The number of benzene rings is 1. The predicted octanol–water partition coefficient (Wildman–Crippen LogP) is 4.21. The molecular weight excluding hydrogens is 331 g/mol. The quantitative estimate of drug-likeness (QED) is 0.753. The minimum atomic E-state index is -0.285. The molecule has 1 aromatic rings. The molecule has 0 saturated heterocycles. The second kappa shape index (κ2) is 5.29. The molecule has 0 saturated carbocycles. The third kappa shape index (κ3) is 2.59. The first kappa shape index (κ1) is 12.2. The zero-order chi connectivity index (χ0) is 10.7. The molecule has 1 rings (SSSR count). The number of carbonyl (C=O) groups is 1. The summed E-state index contributed by atoms with van der Waals surface area (Å²) < 4.78 is 0.910. The third-order valence-corrected chi connectivity index (χ3v) is 3.98. The highest BCUT2D eigenvalue weighted by atomic mass is 79.9. The van der Waals surface area contributed by atoms with E-state index in [1.165, 1.54) is 0 Å². The lowest BCUT2D eigenvalue weighted by Gasteiger charge is -2.13. The Bertz CT molecular complexity index is 352. The van der Waals surface area contributed by atoms with E-state index in [1.807, 2.05) is 18.2 Å². The Labute approximate surface area is 105 Å². The van der Waals surface area contributed by atoms with E-state index < -0.39 is 0 Å². The first-order valence-corrected chi connectivity index (χ1v) is 6.30. The minimum absolute atomic E-state index is 0.0725. The Morgan fingerprint density at radius 1 is 1.57 bits per heavy atom. The van der Waals surface area contributed by atoms with Crippen molar-refractivity contribution in [2.75, 3.05) is 0 Å². The summed E-state index contributed by atoms with van der Waals surface area (Å²) in [5.41, 5.74) is 1.90. The van der Waals surface area contributed by atoms with Crippen molar-refractivity contribution in [2.45, 2.75) is 17.6 Å². The molecule has 0 bridgehead atoms. The maximum absolute atomic E-state index is 11.3. The molecule has 0 heterocycles. The maximum Gasteiger partial charge on any atom is 0.147 e. The molecule has 0 aliphatic heterocycles. The van der Waals surface area contributed by atoms with Gasteiger partial charge in [-0.2, -0.15) is 0 Å². The Balaban J connectivity index is 3.23. The second-order valence-corrected chi connectivity index (χ2v) is 4.96. The number of hydrogen-bond acceptors (Lipinski definition) is 1. The Hall–Kier alpha value is 0.140. The molecular formula is C10H9Br2ClO. The number of halogens is 3. The maximum atomic E-state index is 11.3. The topological polar surface area (TPSA) is 17.1 Å². The largest absolute Gasteiger partial charge is 0.298 e. The van der Waals surface area contributed by atoms with Gasteiger partial charge >= 0.3 is 0 Å². The molecule has 0 spiro atoms. The van der Waals surface area contributed by atoms with Gasteiger partial charge in [-0.3, -0.25) is 4.79 Å². The van der Waals surface area contributed by atoms with E-state index in [1.54, 1.807) is 6.92 Å². The standard InChI is InChI=1S/C10H9Br2ClO/c1-6(14)10(12)9-7(5-13)3-2-4-8(9)11/h2-4,10H,5H2,1H3. The van der Waals surface area contributed by atoms with Crippen LogP contribution in [0.25, 0.3) is 0 Å². The van der Waals surface area contributed by atoms with Crippen molar-refractivity contribution in [3.63, 3.8) is 0 Å². The van der Waals surface area contributed by atoms with Crippen LogP contribution in [0.3, 0.4) is 0 Å². The van der Waals surface area contributed by atoms with Crippen molar-refractivity contribution in [1.82, 2.24) is 0 Å². The molecule has 1 atom stereocenters. The van der Waals surface area contributed by atoms with E-state index in [0.29, 0.717) is 5.88 Å². The Morgan fingerprint density at radius 2 is 2.21 bits per heavy atom. The molecule has 0 aliphatic rings. The second-order valence-electron chi connectivity index (χ2n) is 2.92. The van der Waals surface area contributed by atoms with Crippen LogP contribution in [0.4, 0.5) is 0 Å². The molecule has 0 aromatic heterocycles. The van der Waals surface area contributed by atoms with Gasteiger partial charge in [0.15, 0.2) is 0 Å². The fourth-order valence-electron chi connectivity index (χ4n) is 1.19. The molecule has 14 heavy (non-hydrogen) atoms. The van der Waals surface area contributed by atoms with Gasteiger partial charge in [-0.25, -0.2) is 0 Å². The van der Waals surface area contributed by atoms with Crippen LogP contribution < -0.4 is 0 Å². The summed E-state index contributed by atoms with van der Waals surface area (Å²) in [4.78, 5) is 11.0. The molecule has 1 nitrogen and oxygen atoms in total. The normalized spacial score (nSPS) is 12.6. The zero-order valence-electron chi connectivity index (χ0n) is 7.56. The molecule has 0 radical (unpaired) electrons. The number of alkyl halides is 2. The minimum Gasteiger partial charge on any atom is -0.298 e. The zero-order valence-corrected chi connectivity index (χ0v) is 11.5. The monoisotopic (exact) mass is 338 g/mol. The lowest BCUT2D eigenvalue weighted by atomic mass is 10.0. The highest BCUT2D eigenvalue weighted by Crippen LogP contribution is 2.33. The number of ketones is 1. The van der Waals surface area contributed by atoms with Gasteiger partial charge in [0.05, 0.1) is 4.83 Å².